The van der Waals surface area contributed by atoms with Gasteiger partial charge in [-0.3, -0.25) is 4.79 Å². The van der Waals surface area contributed by atoms with Crippen molar-refractivity contribution in [2.75, 3.05) is 13.7 Å². The van der Waals surface area contributed by atoms with Gasteiger partial charge in [-0.15, -0.1) is 0 Å². The molecule has 0 saturated carbocycles. The van der Waals surface area contributed by atoms with Crippen molar-refractivity contribution < 1.29 is 9.53 Å². The van der Waals surface area contributed by atoms with Crippen LogP contribution in [0.2, 0.25) is 0 Å². The quantitative estimate of drug-likeness (QED) is 0.853. The number of nitrogens with zero attached hydrogens (tertiary/aromatic N) is 1. The van der Waals surface area contributed by atoms with E-state index in [4.69, 9.17) is 4.74 Å². The topological polar surface area (TPSA) is 29.5 Å². The summed E-state index contributed by atoms with van der Waals surface area (Å²) in [5, 5.41) is 0. The standard InChI is InChI=1S/C12H14BrNO2/c1-16-11-5-4-9(7-10(11)13)8-14-6-2-3-12(14)15/h4-5,7H,2-3,6,8H2,1H3. The molecule has 1 fully saturated rings. The lowest BCUT2D eigenvalue weighted by Gasteiger charge is -2.16. The fourth-order valence-electron chi connectivity index (χ4n) is 1.90. The maximum absolute atomic E-state index is 11.5. The van der Waals surface area contributed by atoms with Gasteiger partial charge in [0.25, 0.3) is 0 Å². The molecule has 0 bridgehead atoms. The molecule has 0 aromatic heterocycles. The summed E-state index contributed by atoms with van der Waals surface area (Å²) in [4.78, 5) is 13.4. The normalized spacial score (nSPS) is 15.6. The molecule has 1 amide bonds. The first-order valence-corrected chi connectivity index (χ1v) is 6.10. The predicted octanol–water partition coefficient (Wildman–Crippen LogP) is 2.58. The van der Waals surface area contributed by atoms with Gasteiger partial charge < -0.3 is 9.64 Å². The summed E-state index contributed by atoms with van der Waals surface area (Å²) in [7, 11) is 1.64. The molecule has 1 saturated heterocycles. The summed E-state index contributed by atoms with van der Waals surface area (Å²) >= 11 is 3.44. The zero-order valence-electron chi connectivity index (χ0n) is 9.20. The fraction of sp³-hybridized carbons (Fsp3) is 0.417. The largest absolute Gasteiger partial charge is 0.496 e. The van der Waals surface area contributed by atoms with Crippen LogP contribution in [0.5, 0.6) is 5.75 Å². The Morgan fingerprint density at radius 1 is 1.50 bits per heavy atom. The Kier molecular flexibility index (Phi) is 3.49. The van der Waals surface area contributed by atoms with E-state index in [1.165, 1.54) is 0 Å². The maximum Gasteiger partial charge on any atom is 0.222 e. The molecule has 86 valence electrons. The molecular weight excluding hydrogens is 270 g/mol. The molecule has 0 aliphatic carbocycles. The van der Waals surface area contributed by atoms with Crippen molar-refractivity contribution in [2.24, 2.45) is 0 Å². The molecule has 1 aliphatic heterocycles. The molecule has 0 N–H and O–H groups in total. The Bertz CT molecular complexity index is 406. The number of carbonyl (C=O) groups excluding carboxylic acids is 1. The van der Waals surface area contributed by atoms with Crippen molar-refractivity contribution in [3.63, 3.8) is 0 Å². The van der Waals surface area contributed by atoms with Gasteiger partial charge in [0.2, 0.25) is 5.91 Å². The van der Waals surface area contributed by atoms with Crippen molar-refractivity contribution in [3.05, 3.63) is 28.2 Å². The van der Waals surface area contributed by atoms with Crippen LogP contribution in [-0.4, -0.2) is 24.5 Å². The Labute approximate surface area is 104 Å². The predicted molar refractivity (Wildman–Crippen MR) is 65.3 cm³/mol. The average Bonchev–Trinajstić information content (AvgIpc) is 2.65. The Hall–Kier alpha value is -1.03. The maximum atomic E-state index is 11.5. The lowest BCUT2D eigenvalue weighted by molar-refractivity contribution is -0.128. The number of rotatable bonds is 3. The third kappa shape index (κ3) is 2.38. The lowest BCUT2D eigenvalue weighted by Crippen LogP contribution is -2.23. The minimum absolute atomic E-state index is 0.256. The molecule has 0 atom stereocenters. The summed E-state index contributed by atoms with van der Waals surface area (Å²) < 4.78 is 6.09. The van der Waals surface area contributed by atoms with E-state index in [2.05, 4.69) is 15.9 Å². The van der Waals surface area contributed by atoms with Gasteiger partial charge in [0, 0.05) is 19.5 Å². The summed E-state index contributed by atoms with van der Waals surface area (Å²) in [5.41, 5.74) is 1.13. The van der Waals surface area contributed by atoms with Crippen LogP contribution in [0.1, 0.15) is 18.4 Å². The molecule has 0 unspecified atom stereocenters. The van der Waals surface area contributed by atoms with E-state index < -0.39 is 0 Å². The Balaban J connectivity index is 2.10. The van der Waals surface area contributed by atoms with Crippen molar-refractivity contribution in [3.8, 4) is 5.75 Å². The van der Waals surface area contributed by atoms with Gasteiger partial charge in [-0.1, -0.05) is 6.07 Å². The van der Waals surface area contributed by atoms with E-state index in [0.717, 1.165) is 28.8 Å². The van der Waals surface area contributed by atoms with Crippen LogP contribution >= 0.6 is 15.9 Å². The van der Waals surface area contributed by atoms with Crippen LogP contribution in [0, 0.1) is 0 Å². The number of halogens is 1. The van der Waals surface area contributed by atoms with Crippen LogP contribution in [0.15, 0.2) is 22.7 Å². The van der Waals surface area contributed by atoms with Crippen LogP contribution in [0.25, 0.3) is 0 Å². The Morgan fingerprint density at radius 2 is 2.31 bits per heavy atom. The Morgan fingerprint density at radius 3 is 2.88 bits per heavy atom. The number of ether oxygens (including phenoxy) is 1. The highest BCUT2D eigenvalue weighted by Gasteiger charge is 2.20. The van der Waals surface area contributed by atoms with Crippen molar-refractivity contribution >= 4 is 21.8 Å². The van der Waals surface area contributed by atoms with E-state index >= 15 is 0 Å². The molecule has 2 rings (SSSR count). The van der Waals surface area contributed by atoms with E-state index in [9.17, 15) is 4.79 Å². The smallest absolute Gasteiger partial charge is 0.222 e. The number of benzene rings is 1. The zero-order valence-corrected chi connectivity index (χ0v) is 10.8. The van der Waals surface area contributed by atoms with Crippen LogP contribution in [0.3, 0.4) is 0 Å². The number of likely N-dealkylation sites (tertiary alicyclic amines) is 1. The summed E-state index contributed by atoms with van der Waals surface area (Å²) in [6.07, 6.45) is 1.67. The van der Waals surface area contributed by atoms with Gasteiger partial charge in [-0.25, -0.2) is 0 Å². The first-order chi connectivity index (χ1) is 7.70. The number of carbonyl (C=O) groups is 1. The minimum Gasteiger partial charge on any atom is -0.496 e. The molecule has 1 heterocycles. The number of hydrogen-bond acceptors (Lipinski definition) is 2. The molecule has 3 nitrogen and oxygen atoms in total. The van der Waals surface area contributed by atoms with Gasteiger partial charge in [0.05, 0.1) is 11.6 Å². The van der Waals surface area contributed by atoms with E-state index in [1.54, 1.807) is 7.11 Å². The van der Waals surface area contributed by atoms with E-state index in [1.807, 2.05) is 23.1 Å². The highest BCUT2D eigenvalue weighted by Crippen LogP contribution is 2.26. The van der Waals surface area contributed by atoms with Crippen molar-refractivity contribution in [2.45, 2.75) is 19.4 Å². The second kappa shape index (κ2) is 4.87. The second-order valence-electron chi connectivity index (χ2n) is 3.89. The van der Waals surface area contributed by atoms with Crippen molar-refractivity contribution in [1.29, 1.82) is 0 Å². The first kappa shape index (κ1) is 11.5. The molecule has 1 aromatic rings. The highest BCUT2D eigenvalue weighted by atomic mass is 79.9. The van der Waals surface area contributed by atoms with E-state index in [-0.39, 0.29) is 5.91 Å². The number of methoxy groups -OCH3 is 1. The molecular formula is C12H14BrNO2. The van der Waals surface area contributed by atoms with Gasteiger partial charge in [-0.2, -0.15) is 0 Å². The summed E-state index contributed by atoms with van der Waals surface area (Å²) in [6, 6.07) is 5.92. The SMILES string of the molecule is COc1ccc(CN2CCCC2=O)cc1Br. The number of amides is 1. The van der Waals surface area contributed by atoms with Crippen molar-refractivity contribution in [1.82, 2.24) is 4.90 Å². The summed E-state index contributed by atoms with van der Waals surface area (Å²) in [6.45, 7) is 1.57. The minimum atomic E-state index is 0.256. The van der Waals surface area contributed by atoms with Gasteiger partial charge in [0.15, 0.2) is 0 Å². The van der Waals surface area contributed by atoms with E-state index in [0.29, 0.717) is 13.0 Å². The van der Waals surface area contributed by atoms with Crippen LogP contribution in [0.4, 0.5) is 0 Å². The van der Waals surface area contributed by atoms with Crippen LogP contribution < -0.4 is 4.74 Å². The molecule has 0 radical (unpaired) electrons. The highest BCUT2D eigenvalue weighted by molar-refractivity contribution is 9.10. The fourth-order valence-corrected chi connectivity index (χ4v) is 2.49. The second-order valence-corrected chi connectivity index (χ2v) is 4.74. The molecule has 0 spiro atoms. The first-order valence-electron chi connectivity index (χ1n) is 5.31. The monoisotopic (exact) mass is 283 g/mol. The third-order valence-electron chi connectivity index (χ3n) is 2.76. The molecule has 16 heavy (non-hydrogen) atoms. The summed E-state index contributed by atoms with van der Waals surface area (Å²) in [5.74, 6) is 1.07. The molecule has 1 aliphatic rings. The lowest BCUT2D eigenvalue weighted by atomic mass is 10.2. The van der Waals surface area contributed by atoms with Gasteiger partial charge in [0.1, 0.15) is 5.75 Å². The van der Waals surface area contributed by atoms with Gasteiger partial charge >= 0.3 is 0 Å². The van der Waals surface area contributed by atoms with Gasteiger partial charge in [-0.05, 0) is 40.0 Å². The third-order valence-corrected chi connectivity index (χ3v) is 3.38. The molecule has 4 heteroatoms. The molecule has 1 aromatic carbocycles. The average molecular weight is 284 g/mol. The number of hydrogen-bond donors (Lipinski definition) is 0. The van der Waals surface area contributed by atoms with Crippen LogP contribution in [-0.2, 0) is 11.3 Å². The zero-order chi connectivity index (χ0) is 11.5.